The zero-order valence-corrected chi connectivity index (χ0v) is 13.3. The van der Waals surface area contributed by atoms with Crippen molar-refractivity contribution in [3.8, 4) is 0 Å². The molecule has 2 aromatic carbocycles. The molecule has 0 aliphatic carbocycles. The molecule has 0 radical (unpaired) electrons. The lowest BCUT2D eigenvalue weighted by molar-refractivity contribution is 0.0937. The average Bonchev–Trinajstić information content (AvgIpc) is 2.61. The number of hydrogen-bond acceptors (Lipinski definition) is 3. The lowest BCUT2D eigenvalue weighted by Gasteiger charge is -2.08. The number of halogens is 1. The van der Waals surface area contributed by atoms with Gasteiger partial charge in [0.25, 0.3) is 11.8 Å². The fraction of sp³-hybridized carbons (Fsp3) is 0.222. The van der Waals surface area contributed by atoms with Gasteiger partial charge in [0.1, 0.15) is 5.82 Å². The normalized spacial score (nSPS) is 10.2. The Labute approximate surface area is 139 Å². The summed E-state index contributed by atoms with van der Waals surface area (Å²) in [5, 5.41) is 5.33. The van der Waals surface area contributed by atoms with Crippen LogP contribution in [0, 0.1) is 5.82 Å². The molecule has 0 unspecified atom stereocenters. The predicted octanol–water partition coefficient (Wildman–Crippen LogP) is 2.13. The first kappa shape index (κ1) is 17.6. The number of benzene rings is 2. The minimum atomic E-state index is -0.371. The number of carbonyl (C=O) groups is 2. The second-order valence-electron chi connectivity index (χ2n) is 5.10. The Bertz CT molecular complexity index is 719. The van der Waals surface area contributed by atoms with Gasteiger partial charge in [-0.1, -0.05) is 24.3 Å². The van der Waals surface area contributed by atoms with Crippen LogP contribution < -0.4 is 10.6 Å². The van der Waals surface area contributed by atoms with Gasteiger partial charge in [-0.2, -0.15) is 0 Å². The third-order valence-corrected chi connectivity index (χ3v) is 3.38. The molecule has 2 aromatic rings. The van der Waals surface area contributed by atoms with Crippen LogP contribution in [0.3, 0.4) is 0 Å². The third kappa shape index (κ3) is 4.89. The fourth-order valence-corrected chi connectivity index (χ4v) is 2.09. The molecule has 0 atom stereocenters. The van der Waals surface area contributed by atoms with Gasteiger partial charge < -0.3 is 15.4 Å². The van der Waals surface area contributed by atoms with Crippen LogP contribution in [0.25, 0.3) is 0 Å². The van der Waals surface area contributed by atoms with Gasteiger partial charge in [-0.25, -0.2) is 4.39 Å². The molecule has 0 aliphatic rings. The second kappa shape index (κ2) is 8.79. The Kier molecular flexibility index (Phi) is 6.45. The highest BCUT2D eigenvalue weighted by Gasteiger charge is 2.11. The molecule has 2 amide bonds. The number of amides is 2. The quantitative estimate of drug-likeness (QED) is 0.764. The van der Waals surface area contributed by atoms with Gasteiger partial charge in [-0.15, -0.1) is 0 Å². The first-order valence-corrected chi connectivity index (χ1v) is 7.50. The van der Waals surface area contributed by atoms with Gasteiger partial charge in [-0.3, -0.25) is 9.59 Å². The van der Waals surface area contributed by atoms with Crippen molar-refractivity contribution in [2.45, 2.75) is 6.54 Å². The van der Waals surface area contributed by atoms with Crippen LogP contribution >= 0.6 is 0 Å². The number of ether oxygens (including phenoxy) is 1. The summed E-state index contributed by atoms with van der Waals surface area (Å²) in [4.78, 5) is 24.1. The first-order chi connectivity index (χ1) is 11.6. The number of methoxy groups -OCH3 is 1. The molecule has 24 heavy (non-hydrogen) atoms. The number of hydrogen-bond donors (Lipinski definition) is 2. The minimum Gasteiger partial charge on any atom is -0.383 e. The van der Waals surface area contributed by atoms with Crippen LogP contribution in [0.5, 0.6) is 0 Å². The molecule has 0 bridgehead atoms. The lowest BCUT2D eigenvalue weighted by atomic mass is 10.1. The van der Waals surface area contributed by atoms with E-state index in [2.05, 4.69) is 10.6 Å². The molecule has 0 heterocycles. The molecule has 2 N–H and O–H groups in total. The summed E-state index contributed by atoms with van der Waals surface area (Å²) in [5.41, 5.74) is 1.12. The van der Waals surface area contributed by atoms with Crippen LogP contribution in [0.1, 0.15) is 26.3 Å². The lowest BCUT2D eigenvalue weighted by Crippen LogP contribution is -2.28. The largest absolute Gasteiger partial charge is 0.383 e. The van der Waals surface area contributed by atoms with E-state index in [1.807, 2.05) is 0 Å². The van der Waals surface area contributed by atoms with Gasteiger partial charge in [0, 0.05) is 36.9 Å². The number of carbonyl (C=O) groups excluding carboxylic acids is 2. The smallest absolute Gasteiger partial charge is 0.251 e. The monoisotopic (exact) mass is 330 g/mol. The fourth-order valence-electron chi connectivity index (χ4n) is 2.09. The van der Waals surface area contributed by atoms with Gasteiger partial charge in [0.2, 0.25) is 0 Å². The summed E-state index contributed by atoms with van der Waals surface area (Å²) in [5.74, 6) is -1.02. The zero-order valence-electron chi connectivity index (χ0n) is 13.3. The van der Waals surface area contributed by atoms with E-state index < -0.39 is 0 Å². The van der Waals surface area contributed by atoms with Gasteiger partial charge in [0.15, 0.2) is 0 Å². The van der Waals surface area contributed by atoms with Gasteiger partial charge >= 0.3 is 0 Å². The second-order valence-corrected chi connectivity index (χ2v) is 5.10. The van der Waals surface area contributed by atoms with Crippen LogP contribution in [0.4, 0.5) is 4.39 Å². The van der Waals surface area contributed by atoms with Gasteiger partial charge in [-0.05, 0) is 24.3 Å². The van der Waals surface area contributed by atoms with Crippen LogP contribution in [0.2, 0.25) is 0 Å². The molecular formula is C18H19FN2O3. The average molecular weight is 330 g/mol. The molecular weight excluding hydrogens is 311 g/mol. The van der Waals surface area contributed by atoms with E-state index in [9.17, 15) is 14.0 Å². The molecule has 2 rings (SSSR count). The standard InChI is InChI=1S/C18H19FN2O3/c1-24-10-9-20-17(22)13-6-4-7-14(11-13)18(23)21-12-15-5-2-3-8-16(15)19/h2-8,11H,9-10,12H2,1H3,(H,20,22)(H,21,23). The van der Waals surface area contributed by atoms with Crippen molar-refractivity contribution in [3.63, 3.8) is 0 Å². The van der Waals surface area contributed by atoms with E-state index in [4.69, 9.17) is 4.74 Å². The van der Waals surface area contributed by atoms with Crippen LogP contribution in [0.15, 0.2) is 48.5 Å². The van der Waals surface area contributed by atoms with Crippen LogP contribution in [-0.2, 0) is 11.3 Å². The molecule has 5 nitrogen and oxygen atoms in total. The molecule has 6 heteroatoms. The van der Waals surface area contributed by atoms with E-state index in [-0.39, 0.29) is 24.2 Å². The summed E-state index contributed by atoms with van der Waals surface area (Å²) in [6, 6.07) is 12.6. The van der Waals surface area contributed by atoms with Crippen molar-refractivity contribution in [2.24, 2.45) is 0 Å². The summed E-state index contributed by atoms with van der Waals surface area (Å²) in [6.07, 6.45) is 0. The van der Waals surface area contributed by atoms with E-state index in [1.165, 1.54) is 12.1 Å². The number of rotatable bonds is 7. The molecule has 0 saturated carbocycles. The SMILES string of the molecule is COCCNC(=O)c1cccc(C(=O)NCc2ccccc2F)c1. The molecule has 0 fully saturated rings. The maximum atomic E-state index is 13.5. The summed E-state index contributed by atoms with van der Waals surface area (Å²) >= 11 is 0. The Morgan fingerprint density at radius 2 is 1.67 bits per heavy atom. The number of nitrogens with one attached hydrogen (secondary N) is 2. The van der Waals surface area contributed by atoms with Crippen molar-refractivity contribution in [1.29, 1.82) is 0 Å². The van der Waals surface area contributed by atoms with Gasteiger partial charge in [0.05, 0.1) is 6.61 Å². The summed E-state index contributed by atoms with van der Waals surface area (Å²) in [6.45, 7) is 0.878. The molecule has 0 spiro atoms. The van der Waals surface area contributed by atoms with Crippen molar-refractivity contribution >= 4 is 11.8 Å². The van der Waals surface area contributed by atoms with E-state index in [1.54, 1.807) is 43.5 Å². The highest BCUT2D eigenvalue weighted by atomic mass is 19.1. The van der Waals surface area contributed by atoms with Crippen molar-refractivity contribution in [3.05, 3.63) is 71.0 Å². The maximum Gasteiger partial charge on any atom is 0.251 e. The predicted molar refractivity (Wildman–Crippen MR) is 88.2 cm³/mol. The minimum absolute atomic E-state index is 0.0791. The van der Waals surface area contributed by atoms with Crippen molar-refractivity contribution < 1.29 is 18.7 Å². The summed E-state index contributed by atoms with van der Waals surface area (Å²) in [7, 11) is 1.55. The van der Waals surface area contributed by atoms with Crippen molar-refractivity contribution in [2.75, 3.05) is 20.3 Å². The van der Waals surface area contributed by atoms with E-state index >= 15 is 0 Å². The summed E-state index contributed by atoms with van der Waals surface area (Å²) < 4.78 is 18.4. The van der Waals surface area contributed by atoms with Crippen molar-refractivity contribution in [1.82, 2.24) is 10.6 Å². The molecule has 126 valence electrons. The first-order valence-electron chi connectivity index (χ1n) is 7.50. The van der Waals surface area contributed by atoms with E-state index in [0.29, 0.717) is 29.8 Å². The zero-order chi connectivity index (χ0) is 17.4. The third-order valence-electron chi connectivity index (χ3n) is 3.38. The maximum absolute atomic E-state index is 13.5. The molecule has 0 saturated heterocycles. The Balaban J connectivity index is 1.98. The topological polar surface area (TPSA) is 67.4 Å². The Morgan fingerprint density at radius 1 is 1.00 bits per heavy atom. The van der Waals surface area contributed by atoms with E-state index in [0.717, 1.165) is 0 Å². The molecule has 0 aromatic heterocycles. The van der Waals surface area contributed by atoms with Crippen LogP contribution in [-0.4, -0.2) is 32.1 Å². The highest BCUT2D eigenvalue weighted by Crippen LogP contribution is 2.08. The molecule has 0 aliphatic heterocycles. The Hall–Kier alpha value is -2.73. The Morgan fingerprint density at radius 3 is 2.33 bits per heavy atom. The highest BCUT2D eigenvalue weighted by molar-refractivity contribution is 5.99.